The van der Waals surface area contributed by atoms with Gasteiger partial charge in [0, 0.05) is 6.54 Å². The highest BCUT2D eigenvalue weighted by Gasteiger charge is 2.40. The first-order chi connectivity index (χ1) is 6.74. The van der Waals surface area contributed by atoms with Crippen LogP contribution < -0.4 is 5.32 Å². The Labute approximate surface area is 82.8 Å². The molecule has 1 fully saturated rings. The molecule has 0 amide bonds. The number of anilines is 1. The molecule has 1 aromatic heterocycles. The first-order valence-corrected chi connectivity index (χ1v) is 4.95. The molecular weight excluding hydrogens is 181 g/mol. The number of nitrogens with one attached hydrogen (secondary N) is 1. The van der Waals surface area contributed by atoms with Gasteiger partial charge in [0.15, 0.2) is 5.82 Å². The van der Waals surface area contributed by atoms with Crippen LogP contribution in [0.5, 0.6) is 0 Å². The first kappa shape index (κ1) is 9.37. The van der Waals surface area contributed by atoms with Gasteiger partial charge < -0.3 is 5.32 Å². The minimum atomic E-state index is -0.396. The maximum absolute atomic E-state index is 12.5. The predicted molar refractivity (Wildman–Crippen MR) is 52.4 cm³/mol. The van der Waals surface area contributed by atoms with E-state index in [0.29, 0.717) is 11.4 Å². The molecular formula is C10H14FN3. The van der Waals surface area contributed by atoms with E-state index in [1.807, 2.05) is 0 Å². The lowest BCUT2D eigenvalue weighted by molar-refractivity contribution is 0.519. The Hall–Kier alpha value is -1.19. The van der Waals surface area contributed by atoms with Crippen molar-refractivity contribution in [2.45, 2.75) is 26.2 Å². The zero-order valence-electron chi connectivity index (χ0n) is 8.26. The highest BCUT2D eigenvalue weighted by atomic mass is 19.1. The van der Waals surface area contributed by atoms with Gasteiger partial charge in [-0.15, -0.1) is 0 Å². The topological polar surface area (TPSA) is 37.8 Å². The Morgan fingerprint density at radius 1 is 1.43 bits per heavy atom. The molecule has 1 heterocycles. The standard InChI is InChI=1S/C10H14FN3/c1-2-10(3-4-10)7-14-9-12-5-8(11)6-13-9/h5-6H,2-4,7H2,1H3,(H,12,13,14). The number of hydrogen-bond acceptors (Lipinski definition) is 3. The highest BCUT2D eigenvalue weighted by Crippen LogP contribution is 2.48. The minimum absolute atomic E-state index is 0.396. The summed E-state index contributed by atoms with van der Waals surface area (Å²) in [6.45, 7) is 3.09. The van der Waals surface area contributed by atoms with E-state index in [4.69, 9.17) is 0 Å². The van der Waals surface area contributed by atoms with Crippen LogP contribution in [-0.4, -0.2) is 16.5 Å². The summed E-state index contributed by atoms with van der Waals surface area (Å²) in [6, 6.07) is 0. The summed E-state index contributed by atoms with van der Waals surface area (Å²) >= 11 is 0. The molecule has 0 radical (unpaired) electrons. The van der Waals surface area contributed by atoms with E-state index in [-0.39, 0.29) is 0 Å². The molecule has 0 bridgehead atoms. The Morgan fingerprint density at radius 3 is 2.57 bits per heavy atom. The molecule has 2 rings (SSSR count). The molecule has 0 aromatic carbocycles. The fourth-order valence-electron chi connectivity index (χ4n) is 1.50. The van der Waals surface area contributed by atoms with Crippen molar-refractivity contribution >= 4 is 5.95 Å². The van der Waals surface area contributed by atoms with Gasteiger partial charge in [0.05, 0.1) is 12.4 Å². The summed E-state index contributed by atoms with van der Waals surface area (Å²) in [4.78, 5) is 7.69. The van der Waals surface area contributed by atoms with Gasteiger partial charge in [-0.2, -0.15) is 0 Å². The Balaban J connectivity index is 1.89. The fraction of sp³-hybridized carbons (Fsp3) is 0.600. The third kappa shape index (κ3) is 2.00. The van der Waals surface area contributed by atoms with E-state index in [9.17, 15) is 4.39 Å². The molecule has 76 valence electrons. The van der Waals surface area contributed by atoms with Crippen LogP contribution in [0.3, 0.4) is 0 Å². The second kappa shape index (κ2) is 3.52. The van der Waals surface area contributed by atoms with E-state index in [1.165, 1.54) is 31.7 Å². The average molecular weight is 195 g/mol. The number of nitrogens with zero attached hydrogens (tertiary/aromatic N) is 2. The van der Waals surface area contributed by atoms with Crippen molar-refractivity contribution in [3.05, 3.63) is 18.2 Å². The molecule has 0 atom stereocenters. The Bertz CT molecular complexity index is 306. The van der Waals surface area contributed by atoms with E-state index < -0.39 is 5.82 Å². The van der Waals surface area contributed by atoms with Crippen LogP contribution in [0.4, 0.5) is 10.3 Å². The third-order valence-corrected chi connectivity index (χ3v) is 2.95. The lowest BCUT2D eigenvalue weighted by Crippen LogP contribution is -2.15. The zero-order chi connectivity index (χ0) is 10.0. The van der Waals surface area contributed by atoms with Crippen LogP contribution in [0.25, 0.3) is 0 Å². The SMILES string of the molecule is CCC1(CNc2ncc(F)cn2)CC1. The quantitative estimate of drug-likeness (QED) is 0.800. The average Bonchev–Trinajstić information content (AvgIpc) is 2.98. The molecule has 3 nitrogen and oxygen atoms in total. The normalized spacial score (nSPS) is 17.9. The van der Waals surface area contributed by atoms with Gasteiger partial charge in [-0.3, -0.25) is 0 Å². The van der Waals surface area contributed by atoms with Gasteiger partial charge in [0.25, 0.3) is 0 Å². The smallest absolute Gasteiger partial charge is 0.222 e. The van der Waals surface area contributed by atoms with Crippen molar-refractivity contribution in [1.29, 1.82) is 0 Å². The van der Waals surface area contributed by atoms with Crippen LogP contribution in [-0.2, 0) is 0 Å². The minimum Gasteiger partial charge on any atom is -0.354 e. The van der Waals surface area contributed by atoms with Crippen LogP contribution >= 0.6 is 0 Å². The largest absolute Gasteiger partial charge is 0.354 e. The van der Waals surface area contributed by atoms with E-state index >= 15 is 0 Å². The summed E-state index contributed by atoms with van der Waals surface area (Å²) in [7, 11) is 0. The van der Waals surface area contributed by atoms with E-state index in [0.717, 1.165) is 6.54 Å². The highest BCUT2D eigenvalue weighted by molar-refractivity contribution is 5.24. The summed E-state index contributed by atoms with van der Waals surface area (Å²) in [6.07, 6.45) is 6.10. The molecule has 1 aliphatic carbocycles. The number of aromatic nitrogens is 2. The molecule has 0 saturated heterocycles. The summed E-state index contributed by atoms with van der Waals surface area (Å²) < 4.78 is 12.5. The lowest BCUT2D eigenvalue weighted by atomic mass is 10.0. The molecule has 4 heteroatoms. The molecule has 0 spiro atoms. The van der Waals surface area contributed by atoms with Crippen molar-refractivity contribution < 1.29 is 4.39 Å². The van der Waals surface area contributed by atoms with Crippen LogP contribution in [0, 0.1) is 11.2 Å². The Morgan fingerprint density at radius 2 is 2.07 bits per heavy atom. The molecule has 14 heavy (non-hydrogen) atoms. The predicted octanol–water partition coefficient (Wildman–Crippen LogP) is 2.22. The van der Waals surface area contributed by atoms with Gasteiger partial charge in [0.2, 0.25) is 5.95 Å². The number of halogens is 1. The van der Waals surface area contributed by atoms with Gasteiger partial charge >= 0.3 is 0 Å². The molecule has 0 unspecified atom stereocenters. The molecule has 1 aliphatic rings. The van der Waals surface area contributed by atoms with Crippen molar-refractivity contribution in [1.82, 2.24) is 9.97 Å². The van der Waals surface area contributed by atoms with Crippen molar-refractivity contribution in [2.75, 3.05) is 11.9 Å². The van der Waals surface area contributed by atoms with Crippen LogP contribution in [0.1, 0.15) is 26.2 Å². The van der Waals surface area contributed by atoms with Gasteiger partial charge in [-0.25, -0.2) is 14.4 Å². The molecule has 1 saturated carbocycles. The second-order valence-corrected chi connectivity index (χ2v) is 3.93. The van der Waals surface area contributed by atoms with Crippen molar-refractivity contribution in [3.63, 3.8) is 0 Å². The maximum Gasteiger partial charge on any atom is 0.222 e. The zero-order valence-corrected chi connectivity index (χ0v) is 8.26. The van der Waals surface area contributed by atoms with Crippen molar-refractivity contribution in [3.8, 4) is 0 Å². The van der Waals surface area contributed by atoms with Crippen LogP contribution in [0.2, 0.25) is 0 Å². The van der Waals surface area contributed by atoms with E-state index in [1.54, 1.807) is 0 Å². The van der Waals surface area contributed by atoms with Gasteiger partial charge in [-0.1, -0.05) is 6.92 Å². The molecule has 0 aliphatic heterocycles. The maximum atomic E-state index is 12.5. The fourth-order valence-corrected chi connectivity index (χ4v) is 1.50. The van der Waals surface area contributed by atoms with E-state index in [2.05, 4.69) is 22.2 Å². The lowest BCUT2D eigenvalue weighted by Gasteiger charge is -2.12. The van der Waals surface area contributed by atoms with Crippen LogP contribution in [0.15, 0.2) is 12.4 Å². The summed E-state index contributed by atoms with van der Waals surface area (Å²) in [5.41, 5.74) is 0.456. The third-order valence-electron chi connectivity index (χ3n) is 2.95. The van der Waals surface area contributed by atoms with Crippen molar-refractivity contribution in [2.24, 2.45) is 5.41 Å². The molecule has 1 N–H and O–H groups in total. The Kier molecular flexibility index (Phi) is 2.35. The second-order valence-electron chi connectivity index (χ2n) is 3.93. The van der Waals surface area contributed by atoms with Gasteiger partial charge in [-0.05, 0) is 24.7 Å². The number of rotatable bonds is 4. The molecule has 1 aromatic rings. The monoisotopic (exact) mass is 195 g/mol. The summed E-state index contributed by atoms with van der Waals surface area (Å²) in [5.74, 6) is 0.123. The summed E-state index contributed by atoms with van der Waals surface area (Å²) in [5, 5.41) is 3.14. The first-order valence-electron chi connectivity index (χ1n) is 4.95. The number of hydrogen-bond donors (Lipinski definition) is 1. The van der Waals surface area contributed by atoms with Gasteiger partial charge in [0.1, 0.15) is 0 Å².